The lowest BCUT2D eigenvalue weighted by atomic mass is 9.93. The van der Waals surface area contributed by atoms with Gasteiger partial charge in [0, 0.05) is 29.4 Å². The summed E-state index contributed by atoms with van der Waals surface area (Å²) in [6, 6.07) is 9.34. The number of nitrogens with zero attached hydrogens (tertiary/aromatic N) is 1. The van der Waals surface area contributed by atoms with Gasteiger partial charge in [0.15, 0.2) is 17.3 Å². The van der Waals surface area contributed by atoms with Gasteiger partial charge in [0.1, 0.15) is 0 Å². The molecule has 0 atom stereocenters. The third kappa shape index (κ3) is 3.65. The van der Waals surface area contributed by atoms with Crippen LogP contribution in [-0.2, 0) is 6.42 Å². The first-order valence-electron chi connectivity index (χ1n) is 9.68. The molecule has 2 N–H and O–H groups in total. The van der Waals surface area contributed by atoms with Crippen LogP contribution in [0, 0.1) is 6.92 Å². The third-order valence-corrected chi connectivity index (χ3v) is 5.63. The Bertz CT molecular complexity index is 857. The fraction of sp³-hybridized carbons (Fsp3) is 0.409. The number of likely N-dealkylation sites (tertiary alicyclic amines) is 1. The quantitative estimate of drug-likeness (QED) is 0.647. The number of nitrogen functional groups attached to an aromatic ring is 1. The lowest BCUT2D eigenvalue weighted by molar-refractivity contribution is 0.103. The summed E-state index contributed by atoms with van der Waals surface area (Å²) >= 11 is 0. The number of rotatable bonds is 5. The molecule has 0 bridgehead atoms. The molecule has 0 aromatic heterocycles. The van der Waals surface area contributed by atoms with Gasteiger partial charge in [0.25, 0.3) is 0 Å². The van der Waals surface area contributed by atoms with E-state index in [0.717, 1.165) is 18.5 Å². The number of hydrogen-bond acceptors (Lipinski definition) is 5. The maximum absolute atomic E-state index is 13.2. The van der Waals surface area contributed by atoms with E-state index in [9.17, 15) is 4.79 Å². The topological polar surface area (TPSA) is 64.8 Å². The Labute approximate surface area is 160 Å². The van der Waals surface area contributed by atoms with Gasteiger partial charge in [0.2, 0.25) is 6.79 Å². The Morgan fingerprint density at radius 3 is 2.59 bits per heavy atom. The summed E-state index contributed by atoms with van der Waals surface area (Å²) in [6.07, 6.45) is 4.89. The molecule has 0 aliphatic carbocycles. The van der Waals surface area contributed by atoms with E-state index in [2.05, 4.69) is 11.0 Å². The second kappa shape index (κ2) is 7.61. The van der Waals surface area contributed by atoms with Crippen molar-refractivity contribution in [2.75, 3.05) is 32.2 Å². The van der Waals surface area contributed by atoms with Gasteiger partial charge in [-0.15, -0.1) is 0 Å². The molecule has 5 heteroatoms. The van der Waals surface area contributed by atoms with Gasteiger partial charge in [0.05, 0.1) is 0 Å². The molecule has 2 aromatic rings. The van der Waals surface area contributed by atoms with Crippen LogP contribution < -0.4 is 15.2 Å². The van der Waals surface area contributed by atoms with Crippen molar-refractivity contribution < 1.29 is 14.3 Å². The molecular formula is C22H26N2O3. The maximum Gasteiger partial charge on any atom is 0.231 e. The lowest BCUT2D eigenvalue weighted by Gasteiger charge is -2.26. The smallest absolute Gasteiger partial charge is 0.231 e. The van der Waals surface area contributed by atoms with E-state index in [-0.39, 0.29) is 12.6 Å². The summed E-state index contributed by atoms with van der Waals surface area (Å²) in [6.45, 7) is 5.61. The van der Waals surface area contributed by atoms with Crippen LogP contribution in [0.4, 0.5) is 5.69 Å². The molecule has 5 nitrogen and oxygen atoms in total. The Morgan fingerprint density at radius 1 is 1.07 bits per heavy atom. The highest BCUT2D eigenvalue weighted by atomic mass is 16.7. The molecule has 0 amide bonds. The molecule has 2 heterocycles. The number of benzene rings is 2. The summed E-state index contributed by atoms with van der Waals surface area (Å²) in [5, 5.41) is 0. The van der Waals surface area contributed by atoms with Gasteiger partial charge in [-0.1, -0.05) is 24.6 Å². The highest BCUT2D eigenvalue weighted by molar-refractivity contribution is 6.13. The molecule has 0 saturated carbocycles. The van der Waals surface area contributed by atoms with Gasteiger partial charge in [-0.05, 0) is 56.5 Å². The van der Waals surface area contributed by atoms with Crippen LogP contribution in [0.25, 0.3) is 0 Å². The average molecular weight is 366 g/mol. The fourth-order valence-corrected chi connectivity index (χ4v) is 3.96. The highest BCUT2D eigenvalue weighted by Crippen LogP contribution is 2.37. The average Bonchev–Trinajstić information content (AvgIpc) is 3.14. The number of hydrogen-bond donors (Lipinski definition) is 1. The van der Waals surface area contributed by atoms with Gasteiger partial charge in [-0.3, -0.25) is 4.79 Å². The number of ketones is 1. The predicted molar refractivity (Wildman–Crippen MR) is 106 cm³/mol. The lowest BCUT2D eigenvalue weighted by Crippen LogP contribution is -2.31. The Balaban J connectivity index is 1.56. The van der Waals surface area contributed by atoms with Crippen molar-refractivity contribution in [3.63, 3.8) is 0 Å². The molecule has 0 spiro atoms. The predicted octanol–water partition coefficient (Wildman–Crippen LogP) is 3.57. The van der Waals surface area contributed by atoms with Crippen LogP contribution in [0.15, 0.2) is 30.3 Å². The van der Waals surface area contributed by atoms with Crippen LogP contribution in [0.1, 0.15) is 46.3 Å². The van der Waals surface area contributed by atoms with Crippen molar-refractivity contribution in [2.24, 2.45) is 0 Å². The number of fused-ring (bicyclic) bond motifs is 1. The molecule has 2 aromatic carbocycles. The minimum atomic E-state index is -0.0666. The van der Waals surface area contributed by atoms with Crippen molar-refractivity contribution in [1.29, 1.82) is 0 Å². The SMILES string of the molecule is Cc1c(CCN2CCCCC2)cccc1C(=O)c1cc2c(cc1N)OCO2. The first-order valence-corrected chi connectivity index (χ1v) is 9.68. The third-order valence-electron chi connectivity index (χ3n) is 5.63. The Morgan fingerprint density at radius 2 is 1.81 bits per heavy atom. The van der Waals surface area contributed by atoms with E-state index < -0.39 is 0 Å². The standard InChI is InChI=1S/C22H26N2O3/c1-15-16(8-11-24-9-3-2-4-10-24)6-5-7-17(15)22(25)18-12-20-21(13-19(18)23)27-14-26-20/h5-7,12-13H,2-4,8-11,14,23H2,1H3. The van der Waals surface area contributed by atoms with E-state index in [0.29, 0.717) is 28.3 Å². The molecule has 2 aliphatic rings. The van der Waals surface area contributed by atoms with Crippen molar-refractivity contribution in [3.8, 4) is 11.5 Å². The van der Waals surface area contributed by atoms with Crippen molar-refractivity contribution in [2.45, 2.75) is 32.6 Å². The van der Waals surface area contributed by atoms with E-state index in [1.165, 1.54) is 37.9 Å². The zero-order valence-corrected chi connectivity index (χ0v) is 15.8. The molecule has 4 rings (SSSR count). The Hall–Kier alpha value is -2.53. The maximum atomic E-state index is 13.2. The molecule has 2 aliphatic heterocycles. The number of carbonyl (C=O) groups is 1. The number of ether oxygens (including phenoxy) is 2. The number of anilines is 1. The van der Waals surface area contributed by atoms with E-state index in [1.807, 2.05) is 19.1 Å². The monoisotopic (exact) mass is 366 g/mol. The molecule has 1 saturated heterocycles. The molecule has 0 radical (unpaired) electrons. The first kappa shape index (κ1) is 17.9. The molecule has 0 unspecified atom stereocenters. The van der Waals surface area contributed by atoms with E-state index in [1.54, 1.807) is 12.1 Å². The molecule has 27 heavy (non-hydrogen) atoms. The van der Waals surface area contributed by atoms with Crippen LogP contribution in [0.3, 0.4) is 0 Å². The second-order valence-corrected chi connectivity index (χ2v) is 7.36. The van der Waals surface area contributed by atoms with Gasteiger partial charge < -0.3 is 20.1 Å². The van der Waals surface area contributed by atoms with Gasteiger partial charge >= 0.3 is 0 Å². The van der Waals surface area contributed by atoms with Crippen molar-refractivity contribution >= 4 is 11.5 Å². The van der Waals surface area contributed by atoms with E-state index in [4.69, 9.17) is 15.2 Å². The fourth-order valence-electron chi connectivity index (χ4n) is 3.96. The zero-order chi connectivity index (χ0) is 18.8. The normalized spacial score (nSPS) is 16.5. The number of nitrogens with two attached hydrogens (primary N) is 1. The summed E-state index contributed by atoms with van der Waals surface area (Å²) in [4.78, 5) is 15.7. The first-order chi connectivity index (χ1) is 13.1. The molecule has 142 valence electrons. The van der Waals surface area contributed by atoms with Crippen molar-refractivity contribution in [3.05, 3.63) is 52.6 Å². The van der Waals surface area contributed by atoms with Crippen molar-refractivity contribution in [1.82, 2.24) is 4.90 Å². The number of carbonyl (C=O) groups excluding carboxylic acids is 1. The summed E-state index contributed by atoms with van der Waals surface area (Å²) < 4.78 is 10.7. The number of piperidine rings is 1. The summed E-state index contributed by atoms with van der Waals surface area (Å²) in [5.74, 6) is 1.10. The minimum Gasteiger partial charge on any atom is -0.454 e. The molecular weight excluding hydrogens is 340 g/mol. The van der Waals surface area contributed by atoms with Crippen LogP contribution >= 0.6 is 0 Å². The van der Waals surface area contributed by atoms with Crippen LogP contribution in [0.2, 0.25) is 0 Å². The Kier molecular flexibility index (Phi) is 5.03. The molecule has 1 fully saturated rings. The van der Waals surface area contributed by atoms with Gasteiger partial charge in [-0.25, -0.2) is 0 Å². The van der Waals surface area contributed by atoms with Crippen LogP contribution in [0.5, 0.6) is 11.5 Å². The summed E-state index contributed by atoms with van der Waals surface area (Å²) in [5.41, 5.74) is 9.97. The zero-order valence-electron chi connectivity index (χ0n) is 15.8. The summed E-state index contributed by atoms with van der Waals surface area (Å²) in [7, 11) is 0. The largest absolute Gasteiger partial charge is 0.454 e. The minimum absolute atomic E-state index is 0.0666. The van der Waals surface area contributed by atoms with E-state index >= 15 is 0 Å². The highest BCUT2D eigenvalue weighted by Gasteiger charge is 2.22. The van der Waals surface area contributed by atoms with Gasteiger partial charge in [-0.2, -0.15) is 0 Å². The van der Waals surface area contributed by atoms with Crippen LogP contribution in [-0.4, -0.2) is 37.1 Å². The second-order valence-electron chi connectivity index (χ2n) is 7.36.